The van der Waals surface area contributed by atoms with Gasteiger partial charge in [0.2, 0.25) is 0 Å². The first-order valence-electron chi connectivity index (χ1n) is 8.54. The van der Waals surface area contributed by atoms with Crippen LogP contribution in [0.5, 0.6) is 0 Å². The monoisotopic (exact) mass is 392 g/mol. The Hall–Kier alpha value is -1.31. The van der Waals surface area contributed by atoms with E-state index >= 15 is 0 Å². The van der Waals surface area contributed by atoms with Crippen LogP contribution < -0.4 is 5.73 Å². The highest BCUT2D eigenvalue weighted by atomic mass is 35.5. The first-order valence-corrected chi connectivity index (χ1v) is 8.54. The maximum absolute atomic E-state index is 14.7. The fourth-order valence-electron chi connectivity index (χ4n) is 3.83. The van der Waals surface area contributed by atoms with Crippen LogP contribution in [-0.4, -0.2) is 48.6 Å². The second-order valence-corrected chi connectivity index (χ2v) is 6.99. The number of alkyl halides is 2. The van der Waals surface area contributed by atoms with Crippen LogP contribution >= 0.6 is 12.4 Å². The SMILES string of the molecule is COC1(C(F)(F)C(=O)N2CC[C@H](c3ccc(F)cc3)[C@@H](N)C2)CCC1.Cl. The van der Waals surface area contributed by atoms with Crippen LogP contribution in [0.15, 0.2) is 24.3 Å². The molecule has 2 fully saturated rings. The minimum atomic E-state index is -3.55. The number of carbonyl (C=O) groups excluding carboxylic acids is 1. The van der Waals surface area contributed by atoms with Gasteiger partial charge in [-0.2, -0.15) is 8.78 Å². The summed E-state index contributed by atoms with van der Waals surface area (Å²) in [5, 5.41) is 0. The summed E-state index contributed by atoms with van der Waals surface area (Å²) in [6.45, 7) is 0.250. The Morgan fingerprint density at radius 3 is 2.38 bits per heavy atom. The Morgan fingerprint density at radius 2 is 1.92 bits per heavy atom. The molecule has 3 rings (SSSR count). The second kappa shape index (κ2) is 7.74. The average Bonchev–Trinajstić information content (AvgIpc) is 2.54. The molecular weight excluding hydrogens is 369 g/mol. The number of likely N-dealkylation sites (tertiary alicyclic amines) is 1. The van der Waals surface area contributed by atoms with Crippen LogP contribution in [0.1, 0.15) is 37.2 Å². The van der Waals surface area contributed by atoms with Gasteiger partial charge in [0, 0.05) is 32.2 Å². The minimum Gasteiger partial charge on any atom is -0.371 e. The van der Waals surface area contributed by atoms with Crippen LogP contribution in [0.4, 0.5) is 13.2 Å². The Labute approximate surface area is 157 Å². The van der Waals surface area contributed by atoms with E-state index in [1.165, 1.54) is 19.2 Å². The van der Waals surface area contributed by atoms with Crippen molar-refractivity contribution in [3.8, 4) is 0 Å². The molecule has 146 valence electrons. The highest BCUT2D eigenvalue weighted by Gasteiger charge is 2.63. The van der Waals surface area contributed by atoms with E-state index in [-0.39, 0.29) is 50.1 Å². The molecule has 0 unspecified atom stereocenters. The summed E-state index contributed by atoms with van der Waals surface area (Å²) in [6.07, 6.45) is 1.46. The Morgan fingerprint density at radius 1 is 1.31 bits per heavy atom. The summed E-state index contributed by atoms with van der Waals surface area (Å²) in [6, 6.07) is 5.54. The largest absolute Gasteiger partial charge is 0.371 e. The molecule has 1 aromatic rings. The molecule has 1 saturated heterocycles. The van der Waals surface area contributed by atoms with Gasteiger partial charge in [-0.15, -0.1) is 12.4 Å². The fourth-order valence-corrected chi connectivity index (χ4v) is 3.83. The molecule has 4 nitrogen and oxygen atoms in total. The molecule has 1 heterocycles. The smallest absolute Gasteiger partial charge is 0.352 e. The van der Waals surface area contributed by atoms with E-state index in [2.05, 4.69) is 0 Å². The van der Waals surface area contributed by atoms with Gasteiger partial charge in [-0.3, -0.25) is 4.79 Å². The minimum absolute atomic E-state index is 0. The fraction of sp³-hybridized carbons (Fsp3) is 0.611. The molecule has 2 aliphatic rings. The van der Waals surface area contributed by atoms with Crippen molar-refractivity contribution in [2.24, 2.45) is 5.73 Å². The lowest BCUT2D eigenvalue weighted by molar-refractivity contribution is -0.234. The quantitative estimate of drug-likeness (QED) is 0.856. The molecule has 1 aliphatic heterocycles. The third-order valence-electron chi connectivity index (χ3n) is 5.64. The molecule has 8 heteroatoms. The molecule has 2 atom stereocenters. The van der Waals surface area contributed by atoms with Gasteiger partial charge < -0.3 is 15.4 Å². The lowest BCUT2D eigenvalue weighted by atomic mass is 9.74. The van der Waals surface area contributed by atoms with Crippen LogP contribution in [0, 0.1) is 5.82 Å². The van der Waals surface area contributed by atoms with Crippen LogP contribution in [-0.2, 0) is 9.53 Å². The normalized spacial score (nSPS) is 25.2. The molecule has 1 saturated carbocycles. The summed E-state index contributed by atoms with van der Waals surface area (Å²) in [5.74, 6) is -5.18. The van der Waals surface area contributed by atoms with Crippen molar-refractivity contribution >= 4 is 18.3 Å². The maximum Gasteiger partial charge on any atom is 0.352 e. The number of carbonyl (C=O) groups is 1. The highest BCUT2D eigenvalue weighted by molar-refractivity contribution is 5.85. The summed E-state index contributed by atoms with van der Waals surface area (Å²) >= 11 is 0. The van der Waals surface area contributed by atoms with Crippen molar-refractivity contribution < 1.29 is 22.7 Å². The number of nitrogens with zero attached hydrogens (tertiary/aromatic N) is 1. The second-order valence-electron chi connectivity index (χ2n) is 6.99. The predicted molar refractivity (Wildman–Crippen MR) is 94.1 cm³/mol. The lowest BCUT2D eigenvalue weighted by Crippen LogP contribution is -2.64. The molecule has 0 aromatic heterocycles. The molecule has 2 N–H and O–H groups in total. The van der Waals surface area contributed by atoms with Gasteiger partial charge in [0.25, 0.3) is 5.91 Å². The van der Waals surface area contributed by atoms with Crippen LogP contribution in [0.3, 0.4) is 0 Å². The van der Waals surface area contributed by atoms with Crippen molar-refractivity contribution in [3.63, 3.8) is 0 Å². The summed E-state index contributed by atoms with van der Waals surface area (Å²) in [7, 11) is 1.23. The van der Waals surface area contributed by atoms with E-state index in [4.69, 9.17) is 10.5 Å². The van der Waals surface area contributed by atoms with E-state index < -0.39 is 23.5 Å². The third kappa shape index (κ3) is 3.44. The van der Waals surface area contributed by atoms with Crippen molar-refractivity contribution in [3.05, 3.63) is 35.6 Å². The zero-order valence-corrected chi connectivity index (χ0v) is 15.4. The Kier molecular flexibility index (Phi) is 6.25. The Bertz CT molecular complexity index is 632. The standard InChI is InChI=1S/C18H23F3N2O2.ClH/c1-25-17(8-2-9-17)18(20,21)16(24)23-10-7-14(15(22)11-23)12-3-5-13(19)6-4-12;/h3-6,14-15H,2,7-11,22H2,1H3;1H/t14-,15+;/m1./s1. The third-order valence-corrected chi connectivity index (χ3v) is 5.64. The number of halogens is 4. The van der Waals surface area contributed by atoms with Crippen molar-refractivity contribution in [1.82, 2.24) is 4.90 Å². The van der Waals surface area contributed by atoms with E-state index in [9.17, 15) is 18.0 Å². The number of rotatable bonds is 4. The van der Waals surface area contributed by atoms with E-state index in [0.717, 1.165) is 10.5 Å². The zero-order chi connectivity index (χ0) is 18.2. The lowest BCUT2D eigenvalue weighted by Gasteiger charge is -2.47. The molecule has 0 spiro atoms. The van der Waals surface area contributed by atoms with E-state index in [0.29, 0.717) is 12.8 Å². The molecule has 26 heavy (non-hydrogen) atoms. The number of piperidine rings is 1. The summed E-state index contributed by atoms with van der Waals surface area (Å²) < 4.78 is 47.5. The number of amides is 1. The van der Waals surface area contributed by atoms with Gasteiger partial charge in [-0.05, 0) is 43.4 Å². The Balaban J connectivity index is 0.00000243. The first kappa shape index (κ1) is 21.0. The van der Waals surface area contributed by atoms with Crippen LogP contribution in [0.25, 0.3) is 0 Å². The van der Waals surface area contributed by atoms with Crippen molar-refractivity contribution in [2.75, 3.05) is 20.2 Å². The van der Waals surface area contributed by atoms with Gasteiger partial charge in [-0.25, -0.2) is 4.39 Å². The number of hydrogen-bond donors (Lipinski definition) is 1. The molecule has 0 radical (unpaired) electrons. The van der Waals surface area contributed by atoms with Gasteiger partial charge in [0.05, 0.1) is 0 Å². The average molecular weight is 393 g/mol. The van der Waals surface area contributed by atoms with E-state index in [1.54, 1.807) is 12.1 Å². The number of benzene rings is 1. The van der Waals surface area contributed by atoms with E-state index in [1.807, 2.05) is 0 Å². The zero-order valence-electron chi connectivity index (χ0n) is 14.6. The predicted octanol–water partition coefficient (Wildman–Crippen LogP) is 3.10. The molecular formula is C18H24ClF3N2O2. The number of nitrogens with two attached hydrogens (primary N) is 1. The molecule has 1 aliphatic carbocycles. The van der Waals surface area contributed by atoms with Crippen molar-refractivity contribution in [2.45, 2.75) is 49.2 Å². The summed E-state index contributed by atoms with van der Waals surface area (Å²) in [5.41, 5.74) is 5.33. The van der Waals surface area contributed by atoms with Gasteiger partial charge >= 0.3 is 5.92 Å². The highest BCUT2D eigenvalue weighted by Crippen LogP contribution is 2.48. The number of hydrogen-bond acceptors (Lipinski definition) is 3. The van der Waals surface area contributed by atoms with Crippen molar-refractivity contribution in [1.29, 1.82) is 0 Å². The molecule has 1 amide bonds. The number of ether oxygens (including phenoxy) is 1. The van der Waals surface area contributed by atoms with Gasteiger partial charge in [0.15, 0.2) is 0 Å². The van der Waals surface area contributed by atoms with Crippen LogP contribution in [0.2, 0.25) is 0 Å². The molecule has 0 bridgehead atoms. The van der Waals surface area contributed by atoms with Gasteiger partial charge in [0.1, 0.15) is 11.4 Å². The number of methoxy groups -OCH3 is 1. The molecule has 1 aromatic carbocycles. The first-order chi connectivity index (χ1) is 11.8. The summed E-state index contributed by atoms with van der Waals surface area (Å²) in [4.78, 5) is 13.6. The maximum atomic E-state index is 14.7. The van der Waals surface area contributed by atoms with Gasteiger partial charge in [-0.1, -0.05) is 12.1 Å². The topological polar surface area (TPSA) is 55.6 Å².